The first-order chi connectivity index (χ1) is 17.6. The lowest BCUT2D eigenvalue weighted by atomic mass is 10.1. The van der Waals surface area contributed by atoms with E-state index in [-0.39, 0.29) is 17.3 Å². The number of carbonyl (C=O) groups is 2. The number of nitrogens with zero attached hydrogens (tertiary/aromatic N) is 2. The largest absolute Gasteiger partial charge is 0.354 e. The van der Waals surface area contributed by atoms with Crippen LogP contribution in [0.4, 0.5) is 5.69 Å². The van der Waals surface area contributed by atoms with E-state index in [9.17, 15) is 18.0 Å². The second-order valence-corrected chi connectivity index (χ2v) is 11.6. The molecule has 0 fully saturated rings. The molecule has 3 rings (SSSR count). The van der Waals surface area contributed by atoms with Crippen molar-refractivity contribution in [2.45, 2.75) is 44.7 Å². The van der Waals surface area contributed by atoms with Gasteiger partial charge in [-0.25, -0.2) is 8.42 Å². The van der Waals surface area contributed by atoms with Crippen molar-refractivity contribution in [1.82, 2.24) is 10.2 Å². The Kier molecular flexibility index (Phi) is 9.88. The second-order valence-electron chi connectivity index (χ2n) is 8.78. The van der Waals surface area contributed by atoms with Crippen LogP contribution in [-0.4, -0.2) is 44.3 Å². The number of sulfonamides is 1. The molecule has 9 heteroatoms. The van der Waals surface area contributed by atoms with E-state index >= 15 is 0 Å². The summed E-state index contributed by atoms with van der Waals surface area (Å²) in [5, 5.41) is 2.84. The van der Waals surface area contributed by atoms with Crippen molar-refractivity contribution in [2.75, 3.05) is 17.4 Å². The molecule has 37 heavy (non-hydrogen) atoms. The third-order valence-corrected chi connectivity index (χ3v) is 8.23. The highest BCUT2D eigenvalue weighted by molar-refractivity contribution is 9.10. The first-order valence-electron chi connectivity index (χ1n) is 12.1. The molecule has 0 bridgehead atoms. The number of carbonyl (C=O) groups excluding carboxylic acids is 2. The molecule has 7 nitrogen and oxygen atoms in total. The Hall–Kier alpha value is -3.17. The second kappa shape index (κ2) is 12.9. The molecule has 0 heterocycles. The number of nitrogens with one attached hydrogen (secondary N) is 1. The van der Waals surface area contributed by atoms with Gasteiger partial charge >= 0.3 is 0 Å². The monoisotopic (exact) mass is 585 g/mol. The standard InChI is InChI=1S/C28H32BrN3O4S/c1-4-18-30-28(34)22(3)31(19-23-8-6-5-7-9-23)27(33)20-32(25-14-12-24(29)13-15-25)37(35,36)26-16-10-21(2)11-17-26/h5-17,22H,4,18-20H2,1-3H3,(H,30,34)/t22-/m1/s1. The average Bonchev–Trinajstić information content (AvgIpc) is 2.89. The Morgan fingerprint density at radius 3 is 2.16 bits per heavy atom. The number of amides is 2. The third-order valence-electron chi connectivity index (χ3n) is 5.91. The van der Waals surface area contributed by atoms with Gasteiger partial charge in [0.25, 0.3) is 10.0 Å². The zero-order valence-corrected chi connectivity index (χ0v) is 23.6. The molecule has 1 atom stereocenters. The van der Waals surface area contributed by atoms with Gasteiger partial charge in [-0.1, -0.05) is 70.9 Å². The maximum absolute atomic E-state index is 13.8. The minimum absolute atomic E-state index is 0.0807. The SMILES string of the molecule is CCCNC(=O)[C@@H](C)N(Cc1ccccc1)C(=O)CN(c1ccc(Br)cc1)S(=O)(=O)c1ccc(C)cc1. The van der Waals surface area contributed by atoms with Crippen LogP contribution >= 0.6 is 15.9 Å². The molecular weight excluding hydrogens is 554 g/mol. The summed E-state index contributed by atoms with van der Waals surface area (Å²) in [5.41, 5.74) is 2.11. The van der Waals surface area contributed by atoms with Crippen LogP contribution in [0.15, 0.2) is 88.2 Å². The molecule has 0 saturated heterocycles. The lowest BCUT2D eigenvalue weighted by molar-refractivity contribution is -0.139. The van der Waals surface area contributed by atoms with Crippen LogP contribution in [0.1, 0.15) is 31.4 Å². The van der Waals surface area contributed by atoms with Crippen LogP contribution in [0, 0.1) is 6.92 Å². The minimum Gasteiger partial charge on any atom is -0.354 e. The van der Waals surface area contributed by atoms with Crippen LogP contribution in [0.3, 0.4) is 0 Å². The highest BCUT2D eigenvalue weighted by atomic mass is 79.9. The highest BCUT2D eigenvalue weighted by Crippen LogP contribution is 2.26. The fourth-order valence-electron chi connectivity index (χ4n) is 3.73. The molecule has 0 aliphatic carbocycles. The quantitative estimate of drug-likeness (QED) is 0.347. The lowest BCUT2D eigenvalue weighted by Crippen LogP contribution is -2.51. The Bertz CT molecular complexity index is 1300. The van der Waals surface area contributed by atoms with Gasteiger partial charge in [-0.15, -0.1) is 0 Å². The van der Waals surface area contributed by atoms with Gasteiger partial charge in [0, 0.05) is 17.6 Å². The molecule has 2 amide bonds. The summed E-state index contributed by atoms with van der Waals surface area (Å²) in [7, 11) is -4.08. The number of hydrogen-bond donors (Lipinski definition) is 1. The summed E-state index contributed by atoms with van der Waals surface area (Å²) >= 11 is 3.38. The number of hydrogen-bond acceptors (Lipinski definition) is 4. The lowest BCUT2D eigenvalue weighted by Gasteiger charge is -2.32. The van der Waals surface area contributed by atoms with Crippen molar-refractivity contribution >= 4 is 43.5 Å². The molecule has 3 aromatic rings. The Balaban J connectivity index is 1.99. The number of benzene rings is 3. The first kappa shape index (κ1) is 28.4. The smallest absolute Gasteiger partial charge is 0.264 e. The predicted molar refractivity (Wildman–Crippen MR) is 150 cm³/mol. The number of rotatable bonds is 11. The van der Waals surface area contributed by atoms with Crippen molar-refractivity contribution in [2.24, 2.45) is 0 Å². The van der Waals surface area contributed by atoms with Crippen molar-refractivity contribution < 1.29 is 18.0 Å². The minimum atomic E-state index is -4.08. The van der Waals surface area contributed by atoms with Crippen LogP contribution in [-0.2, 0) is 26.2 Å². The summed E-state index contributed by atoms with van der Waals surface area (Å²) in [6, 6.07) is 21.7. The van der Waals surface area contributed by atoms with Gasteiger partial charge in [0.05, 0.1) is 10.6 Å². The van der Waals surface area contributed by atoms with E-state index in [2.05, 4.69) is 21.2 Å². The average molecular weight is 587 g/mol. The molecule has 3 aromatic carbocycles. The zero-order chi connectivity index (χ0) is 27.0. The van der Waals surface area contributed by atoms with Crippen molar-refractivity contribution in [1.29, 1.82) is 0 Å². The molecule has 0 spiro atoms. The van der Waals surface area contributed by atoms with E-state index in [0.29, 0.717) is 12.2 Å². The number of halogens is 1. The van der Waals surface area contributed by atoms with E-state index in [1.807, 2.05) is 44.2 Å². The normalized spacial score (nSPS) is 12.0. The number of anilines is 1. The van der Waals surface area contributed by atoms with Crippen molar-refractivity contribution in [3.63, 3.8) is 0 Å². The summed E-state index contributed by atoms with van der Waals surface area (Å²) in [6.07, 6.45) is 0.761. The Morgan fingerprint density at radius 2 is 1.57 bits per heavy atom. The van der Waals surface area contributed by atoms with Crippen molar-refractivity contribution in [3.05, 3.63) is 94.5 Å². The van der Waals surface area contributed by atoms with E-state index < -0.39 is 28.5 Å². The van der Waals surface area contributed by atoms with E-state index in [1.165, 1.54) is 17.0 Å². The zero-order valence-electron chi connectivity index (χ0n) is 21.2. The van der Waals surface area contributed by atoms with E-state index in [1.54, 1.807) is 43.3 Å². The van der Waals surface area contributed by atoms with Crippen LogP contribution in [0.2, 0.25) is 0 Å². The van der Waals surface area contributed by atoms with Gasteiger partial charge in [-0.2, -0.15) is 0 Å². The summed E-state index contributed by atoms with van der Waals surface area (Å²) in [5.74, 6) is -0.774. The van der Waals surface area contributed by atoms with E-state index in [4.69, 9.17) is 0 Å². The molecule has 0 aliphatic heterocycles. The molecule has 0 unspecified atom stereocenters. The Labute approximate surface area is 227 Å². The van der Waals surface area contributed by atoms with Gasteiger partial charge in [0.15, 0.2) is 0 Å². The fourth-order valence-corrected chi connectivity index (χ4v) is 5.41. The first-order valence-corrected chi connectivity index (χ1v) is 14.3. The van der Waals surface area contributed by atoms with Gasteiger partial charge < -0.3 is 10.2 Å². The molecular formula is C28H32BrN3O4S. The maximum atomic E-state index is 13.8. The summed E-state index contributed by atoms with van der Waals surface area (Å²) in [6.45, 7) is 5.67. The Morgan fingerprint density at radius 1 is 0.946 bits per heavy atom. The molecule has 0 radical (unpaired) electrons. The summed E-state index contributed by atoms with van der Waals surface area (Å²) in [4.78, 5) is 28.1. The third kappa shape index (κ3) is 7.42. The number of aryl methyl sites for hydroxylation is 1. The fraction of sp³-hybridized carbons (Fsp3) is 0.286. The molecule has 0 saturated carbocycles. The van der Waals surface area contributed by atoms with Gasteiger partial charge in [-0.05, 0) is 62.2 Å². The van der Waals surface area contributed by atoms with Crippen LogP contribution < -0.4 is 9.62 Å². The molecule has 0 aromatic heterocycles. The van der Waals surface area contributed by atoms with Gasteiger partial charge in [0.1, 0.15) is 12.6 Å². The van der Waals surface area contributed by atoms with E-state index in [0.717, 1.165) is 26.3 Å². The van der Waals surface area contributed by atoms with Gasteiger partial charge in [0.2, 0.25) is 11.8 Å². The maximum Gasteiger partial charge on any atom is 0.264 e. The van der Waals surface area contributed by atoms with Gasteiger partial charge in [-0.3, -0.25) is 13.9 Å². The van der Waals surface area contributed by atoms with Crippen LogP contribution in [0.25, 0.3) is 0 Å². The predicted octanol–water partition coefficient (Wildman–Crippen LogP) is 4.90. The highest BCUT2D eigenvalue weighted by Gasteiger charge is 2.32. The molecule has 196 valence electrons. The molecule has 1 N–H and O–H groups in total. The summed E-state index contributed by atoms with van der Waals surface area (Å²) < 4.78 is 29.4. The molecule has 0 aliphatic rings. The topological polar surface area (TPSA) is 86.8 Å². The van der Waals surface area contributed by atoms with Crippen molar-refractivity contribution in [3.8, 4) is 0 Å². The van der Waals surface area contributed by atoms with Crippen LogP contribution in [0.5, 0.6) is 0 Å².